The number of hydrogen-bond donors (Lipinski definition) is 2. The van der Waals surface area contributed by atoms with Crippen LogP contribution in [0.4, 0.5) is 4.79 Å². The van der Waals surface area contributed by atoms with Gasteiger partial charge in [0.25, 0.3) is 0 Å². The summed E-state index contributed by atoms with van der Waals surface area (Å²) in [4.78, 5) is 25.5. The number of carboxylic acid groups (broad SMARTS) is 1. The molecular formula is C14H24N2O6S. The lowest BCUT2D eigenvalue weighted by Gasteiger charge is -2.29. The van der Waals surface area contributed by atoms with Gasteiger partial charge in [-0.05, 0) is 33.6 Å². The van der Waals surface area contributed by atoms with E-state index in [1.165, 1.54) is 0 Å². The number of carbonyl (C=O) groups excluding carboxylic acids is 1. The maximum Gasteiger partial charge on any atom is 0.408 e. The number of hydrogen-bond acceptors (Lipinski definition) is 6. The molecular weight excluding hydrogens is 324 g/mol. The molecule has 0 aliphatic carbocycles. The van der Waals surface area contributed by atoms with Crippen molar-refractivity contribution < 1.29 is 27.9 Å². The third-order valence-corrected chi connectivity index (χ3v) is 5.92. The summed E-state index contributed by atoms with van der Waals surface area (Å²) in [6.07, 6.45) is -0.0522. The quantitative estimate of drug-likeness (QED) is 0.750. The zero-order valence-electron chi connectivity index (χ0n) is 13.7. The Morgan fingerprint density at radius 1 is 1.35 bits per heavy atom. The fourth-order valence-corrected chi connectivity index (χ4v) is 4.80. The highest BCUT2D eigenvalue weighted by Crippen LogP contribution is 2.28. The van der Waals surface area contributed by atoms with Crippen LogP contribution in [0, 0.1) is 0 Å². The predicted molar refractivity (Wildman–Crippen MR) is 83.0 cm³/mol. The van der Waals surface area contributed by atoms with Gasteiger partial charge < -0.3 is 15.2 Å². The van der Waals surface area contributed by atoms with Crippen LogP contribution < -0.4 is 5.32 Å². The second-order valence-electron chi connectivity index (χ2n) is 7.29. The largest absolute Gasteiger partial charge is 0.479 e. The number of aliphatic carboxylic acids is 1. The highest BCUT2D eigenvalue weighted by atomic mass is 32.2. The van der Waals surface area contributed by atoms with Crippen molar-refractivity contribution in [2.24, 2.45) is 0 Å². The van der Waals surface area contributed by atoms with E-state index >= 15 is 0 Å². The highest BCUT2D eigenvalue weighted by Gasteiger charge is 2.49. The summed E-state index contributed by atoms with van der Waals surface area (Å²) in [6.45, 7) is 5.61. The molecule has 0 aromatic heterocycles. The molecule has 1 amide bonds. The molecule has 2 rings (SSSR count). The molecule has 2 N–H and O–H groups in total. The van der Waals surface area contributed by atoms with Gasteiger partial charge in [0.15, 0.2) is 15.4 Å². The molecule has 2 aliphatic rings. The van der Waals surface area contributed by atoms with Gasteiger partial charge in [-0.25, -0.2) is 18.0 Å². The first-order valence-electron chi connectivity index (χ1n) is 7.62. The van der Waals surface area contributed by atoms with Crippen LogP contribution in [0.25, 0.3) is 0 Å². The minimum absolute atomic E-state index is 0.0507. The number of nitrogens with zero attached hydrogens (tertiary/aromatic N) is 1. The number of amides is 1. The summed E-state index contributed by atoms with van der Waals surface area (Å²) in [5.41, 5.74) is -2.16. The molecule has 2 atom stereocenters. The van der Waals surface area contributed by atoms with Crippen LogP contribution >= 0.6 is 0 Å². The van der Waals surface area contributed by atoms with E-state index in [9.17, 15) is 23.1 Å². The Balaban J connectivity index is 2.06. The van der Waals surface area contributed by atoms with E-state index in [1.807, 2.05) is 4.90 Å². The van der Waals surface area contributed by atoms with Crippen LogP contribution in [0.1, 0.15) is 33.6 Å². The van der Waals surface area contributed by atoms with E-state index in [-0.39, 0.29) is 30.5 Å². The number of ether oxygens (including phenoxy) is 1. The Morgan fingerprint density at radius 3 is 2.48 bits per heavy atom. The van der Waals surface area contributed by atoms with Crippen molar-refractivity contribution in [3.63, 3.8) is 0 Å². The molecule has 0 aromatic carbocycles. The highest BCUT2D eigenvalue weighted by molar-refractivity contribution is 7.91. The summed E-state index contributed by atoms with van der Waals surface area (Å²) >= 11 is 0. The number of nitrogens with one attached hydrogen (secondary N) is 1. The molecule has 0 radical (unpaired) electrons. The molecule has 132 valence electrons. The summed E-state index contributed by atoms with van der Waals surface area (Å²) in [5.74, 6) is -0.949. The number of rotatable bonds is 3. The third kappa shape index (κ3) is 4.35. The maximum absolute atomic E-state index is 11.9. The van der Waals surface area contributed by atoms with E-state index in [2.05, 4.69) is 5.32 Å². The molecule has 0 saturated carbocycles. The monoisotopic (exact) mass is 348 g/mol. The van der Waals surface area contributed by atoms with Crippen molar-refractivity contribution in [3.05, 3.63) is 0 Å². The normalized spacial score (nSPS) is 31.0. The predicted octanol–water partition coefficient (Wildman–Crippen LogP) is 0.227. The van der Waals surface area contributed by atoms with Crippen LogP contribution in [0.2, 0.25) is 0 Å². The minimum Gasteiger partial charge on any atom is -0.479 e. The van der Waals surface area contributed by atoms with Crippen molar-refractivity contribution in [1.82, 2.24) is 10.2 Å². The SMILES string of the molecule is CC(C)(C)OC(=O)NC1(C(=O)O)CCN(C2CCS(=O)(=O)C2)C1. The van der Waals surface area contributed by atoms with E-state index < -0.39 is 33.0 Å². The van der Waals surface area contributed by atoms with Crippen LogP contribution in [0.15, 0.2) is 0 Å². The van der Waals surface area contributed by atoms with Gasteiger partial charge in [0.1, 0.15) is 5.60 Å². The number of alkyl carbamates (subject to hydrolysis) is 1. The molecule has 9 heteroatoms. The van der Waals surface area contributed by atoms with Gasteiger partial charge in [-0.1, -0.05) is 0 Å². The number of likely N-dealkylation sites (tertiary alicyclic amines) is 1. The zero-order chi connectivity index (χ0) is 17.5. The van der Waals surface area contributed by atoms with Crippen molar-refractivity contribution >= 4 is 21.9 Å². The standard InChI is InChI=1S/C14H24N2O6S/c1-13(2,3)22-12(19)15-14(11(17)18)5-6-16(9-14)10-4-7-23(20,21)8-10/h10H,4-9H2,1-3H3,(H,15,19)(H,17,18). The second-order valence-corrected chi connectivity index (χ2v) is 9.52. The topological polar surface area (TPSA) is 113 Å². The van der Waals surface area contributed by atoms with Crippen LogP contribution in [-0.4, -0.2) is 72.3 Å². The third-order valence-electron chi connectivity index (χ3n) is 4.17. The van der Waals surface area contributed by atoms with Crippen LogP contribution in [0.5, 0.6) is 0 Å². The summed E-state index contributed by atoms with van der Waals surface area (Å²) < 4.78 is 28.3. The zero-order valence-corrected chi connectivity index (χ0v) is 14.5. The Labute approximate surface area is 136 Å². The van der Waals surface area contributed by atoms with E-state index in [1.54, 1.807) is 20.8 Å². The minimum atomic E-state index is -3.04. The smallest absolute Gasteiger partial charge is 0.408 e. The summed E-state index contributed by atoms with van der Waals surface area (Å²) in [7, 11) is -3.04. The average molecular weight is 348 g/mol. The molecule has 2 aliphatic heterocycles. The molecule has 2 unspecified atom stereocenters. The fraction of sp³-hybridized carbons (Fsp3) is 0.857. The van der Waals surface area contributed by atoms with Gasteiger partial charge in [-0.2, -0.15) is 0 Å². The van der Waals surface area contributed by atoms with Crippen molar-refractivity contribution in [2.45, 2.75) is 50.8 Å². The Hall–Kier alpha value is -1.35. The molecule has 2 fully saturated rings. The molecule has 0 spiro atoms. The maximum atomic E-state index is 11.9. The summed E-state index contributed by atoms with van der Waals surface area (Å²) in [5, 5.41) is 12.0. The van der Waals surface area contributed by atoms with Gasteiger partial charge in [0.2, 0.25) is 0 Å². The number of sulfone groups is 1. The Morgan fingerprint density at radius 2 is 2.00 bits per heavy atom. The Bertz CT molecular complexity index is 597. The molecule has 2 heterocycles. The lowest BCUT2D eigenvalue weighted by molar-refractivity contribution is -0.144. The van der Waals surface area contributed by atoms with E-state index in [4.69, 9.17) is 4.74 Å². The number of carbonyl (C=O) groups is 2. The van der Waals surface area contributed by atoms with Gasteiger partial charge in [0.05, 0.1) is 11.5 Å². The Kier molecular flexibility index (Phi) is 4.64. The number of carboxylic acids is 1. The van der Waals surface area contributed by atoms with Crippen LogP contribution in [-0.2, 0) is 19.4 Å². The van der Waals surface area contributed by atoms with Gasteiger partial charge in [-0.3, -0.25) is 4.90 Å². The lowest BCUT2D eigenvalue weighted by Crippen LogP contribution is -2.57. The second kappa shape index (κ2) is 5.94. The molecule has 0 aromatic rings. The van der Waals surface area contributed by atoms with Crippen molar-refractivity contribution in [3.8, 4) is 0 Å². The van der Waals surface area contributed by atoms with Crippen LogP contribution in [0.3, 0.4) is 0 Å². The molecule has 2 saturated heterocycles. The van der Waals surface area contributed by atoms with E-state index in [0.29, 0.717) is 13.0 Å². The molecule has 0 bridgehead atoms. The lowest BCUT2D eigenvalue weighted by atomic mass is 9.99. The first-order valence-corrected chi connectivity index (χ1v) is 9.44. The molecule has 23 heavy (non-hydrogen) atoms. The van der Waals surface area contributed by atoms with E-state index in [0.717, 1.165) is 0 Å². The van der Waals surface area contributed by atoms with Crippen molar-refractivity contribution in [2.75, 3.05) is 24.6 Å². The fourth-order valence-electron chi connectivity index (χ4n) is 3.04. The average Bonchev–Trinajstić information content (AvgIpc) is 2.91. The summed E-state index contributed by atoms with van der Waals surface area (Å²) in [6, 6.07) is -0.179. The van der Waals surface area contributed by atoms with Gasteiger partial charge in [0, 0.05) is 19.1 Å². The van der Waals surface area contributed by atoms with Gasteiger partial charge >= 0.3 is 12.1 Å². The van der Waals surface area contributed by atoms with Gasteiger partial charge in [-0.15, -0.1) is 0 Å². The molecule has 8 nitrogen and oxygen atoms in total. The first-order chi connectivity index (χ1) is 10.4. The first kappa shape index (κ1) is 18.0. The van der Waals surface area contributed by atoms with Crippen molar-refractivity contribution in [1.29, 1.82) is 0 Å².